The lowest BCUT2D eigenvalue weighted by Gasteiger charge is -2.05. The van der Waals surface area contributed by atoms with Crippen LogP contribution in [0.5, 0.6) is 0 Å². The van der Waals surface area contributed by atoms with Gasteiger partial charge >= 0.3 is 0 Å². The fraction of sp³-hybridized carbons (Fsp3) is 0. The first kappa shape index (κ1) is 14.1. The number of hydrogen-bond acceptors (Lipinski definition) is 1. The molecule has 5 rings (SSSR count). The van der Waals surface area contributed by atoms with Crippen molar-refractivity contribution in [2.75, 3.05) is 0 Å². The third-order valence-corrected chi connectivity index (χ3v) is 4.58. The van der Waals surface area contributed by atoms with E-state index >= 15 is 0 Å². The SMILES string of the molecule is Fc1cccc(-c2nc3c4ccccc4c4ccccc4c3[nH]2)c1F. The van der Waals surface area contributed by atoms with Crippen molar-refractivity contribution in [3.8, 4) is 11.4 Å². The summed E-state index contributed by atoms with van der Waals surface area (Å²) in [6.07, 6.45) is 0. The predicted octanol–water partition coefficient (Wildman–Crippen LogP) is 5.81. The van der Waals surface area contributed by atoms with Crippen LogP contribution in [0.4, 0.5) is 8.78 Å². The molecule has 0 fully saturated rings. The summed E-state index contributed by atoms with van der Waals surface area (Å²) in [7, 11) is 0. The highest BCUT2D eigenvalue weighted by molar-refractivity contribution is 6.23. The largest absolute Gasteiger partial charge is 0.337 e. The monoisotopic (exact) mass is 330 g/mol. The quantitative estimate of drug-likeness (QED) is 0.386. The van der Waals surface area contributed by atoms with Gasteiger partial charge in [0.15, 0.2) is 11.6 Å². The van der Waals surface area contributed by atoms with E-state index in [0.29, 0.717) is 5.82 Å². The Balaban J connectivity index is 1.96. The molecule has 4 heteroatoms. The van der Waals surface area contributed by atoms with E-state index in [2.05, 4.69) is 16.0 Å². The third kappa shape index (κ3) is 1.97. The van der Waals surface area contributed by atoms with Gasteiger partial charge in [0.05, 0.1) is 16.6 Å². The molecule has 2 nitrogen and oxygen atoms in total. The first-order valence-corrected chi connectivity index (χ1v) is 7.97. The molecule has 0 unspecified atom stereocenters. The maximum Gasteiger partial charge on any atom is 0.169 e. The number of nitrogens with one attached hydrogen (secondary N) is 1. The van der Waals surface area contributed by atoms with E-state index in [1.807, 2.05) is 42.5 Å². The summed E-state index contributed by atoms with van der Waals surface area (Å²) in [6, 6.07) is 20.1. The molecule has 4 aromatic carbocycles. The summed E-state index contributed by atoms with van der Waals surface area (Å²) in [6.45, 7) is 0. The molecule has 0 aliphatic rings. The minimum Gasteiger partial charge on any atom is -0.337 e. The topological polar surface area (TPSA) is 28.7 Å². The Kier molecular flexibility index (Phi) is 2.88. The van der Waals surface area contributed by atoms with Crippen LogP contribution in [0.2, 0.25) is 0 Å². The summed E-state index contributed by atoms with van der Waals surface area (Å²) in [5.74, 6) is -1.45. The van der Waals surface area contributed by atoms with Crippen molar-refractivity contribution in [2.24, 2.45) is 0 Å². The Hall–Kier alpha value is -3.27. The number of halogens is 2. The first-order chi connectivity index (χ1) is 12.2. The molecule has 1 aromatic heterocycles. The van der Waals surface area contributed by atoms with E-state index in [0.717, 1.165) is 38.6 Å². The first-order valence-electron chi connectivity index (χ1n) is 7.97. The average molecular weight is 330 g/mol. The van der Waals surface area contributed by atoms with Gasteiger partial charge in [-0.15, -0.1) is 0 Å². The van der Waals surface area contributed by atoms with E-state index < -0.39 is 11.6 Å². The Bertz CT molecular complexity index is 1200. The fourth-order valence-corrected chi connectivity index (χ4v) is 3.44. The van der Waals surface area contributed by atoms with Gasteiger partial charge in [0, 0.05) is 10.8 Å². The van der Waals surface area contributed by atoms with E-state index in [9.17, 15) is 8.78 Å². The van der Waals surface area contributed by atoms with Crippen molar-refractivity contribution >= 4 is 32.6 Å². The molecule has 0 aliphatic heterocycles. The van der Waals surface area contributed by atoms with Crippen LogP contribution >= 0.6 is 0 Å². The molecular weight excluding hydrogens is 318 g/mol. The van der Waals surface area contributed by atoms with E-state index in [1.54, 1.807) is 0 Å². The van der Waals surface area contributed by atoms with Gasteiger partial charge in [-0.1, -0.05) is 54.6 Å². The molecule has 1 heterocycles. The maximum atomic E-state index is 14.2. The molecule has 0 bridgehead atoms. The van der Waals surface area contributed by atoms with Crippen LogP contribution in [-0.4, -0.2) is 9.97 Å². The summed E-state index contributed by atoms with van der Waals surface area (Å²) in [5, 5.41) is 4.17. The van der Waals surface area contributed by atoms with E-state index in [1.165, 1.54) is 12.1 Å². The summed E-state index contributed by atoms with van der Waals surface area (Å²) >= 11 is 0. The van der Waals surface area contributed by atoms with Crippen molar-refractivity contribution in [2.45, 2.75) is 0 Å². The van der Waals surface area contributed by atoms with Crippen LogP contribution in [-0.2, 0) is 0 Å². The van der Waals surface area contributed by atoms with Gasteiger partial charge in [0.1, 0.15) is 5.82 Å². The molecule has 0 spiro atoms. The minimum absolute atomic E-state index is 0.129. The lowest BCUT2D eigenvalue weighted by Crippen LogP contribution is -1.90. The number of hydrogen-bond donors (Lipinski definition) is 1. The zero-order chi connectivity index (χ0) is 17.0. The van der Waals surface area contributed by atoms with Gasteiger partial charge in [0.25, 0.3) is 0 Å². The van der Waals surface area contributed by atoms with Crippen molar-refractivity contribution in [1.29, 1.82) is 0 Å². The summed E-state index contributed by atoms with van der Waals surface area (Å²) in [5.41, 5.74) is 1.71. The normalized spacial score (nSPS) is 11.6. The van der Waals surface area contributed by atoms with Gasteiger partial charge in [-0.05, 0) is 22.9 Å². The van der Waals surface area contributed by atoms with Gasteiger partial charge in [-0.2, -0.15) is 0 Å². The standard InChI is InChI=1S/C21H12F2N2/c22-17-11-5-10-16(18(17)23)21-24-19-14-8-3-1-6-12(14)13-7-2-4-9-15(13)20(19)25-21/h1-11H,(H,24,25). The second-order valence-electron chi connectivity index (χ2n) is 6.00. The zero-order valence-electron chi connectivity index (χ0n) is 13.1. The molecule has 0 atom stereocenters. The zero-order valence-corrected chi connectivity index (χ0v) is 13.1. The molecule has 0 radical (unpaired) electrons. The van der Waals surface area contributed by atoms with Gasteiger partial charge in [-0.25, -0.2) is 13.8 Å². The van der Waals surface area contributed by atoms with Crippen LogP contribution < -0.4 is 0 Å². The lowest BCUT2D eigenvalue weighted by atomic mass is 10.0. The number of aromatic amines is 1. The number of benzene rings is 4. The Morgan fingerprint density at radius 1 is 0.680 bits per heavy atom. The second-order valence-corrected chi connectivity index (χ2v) is 6.00. The van der Waals surface area contributed by atoms with Crippen molar-refractivity contribution < 1.29 is 8.78 Å². The molecule has 1 N–H and O–H groups in total. The molecule has 0 saturated carbocycles. The highest BCUT2D eigenvalue weighted by atomic mass is 19.2. The molecular formula is C21H12F2N2. The van der Waals surface area contributed by atoms with E-state index in [-0.39, 0.29) is 5.56 Å². The Labute approximate surface area is 141 Å². The summed E-state index contributed by atoms with van der Waals surface area (Å²) in [4.78, 5) is 7.80. The van der Waals surface area contributed by atoms with Crippen molar-refractivity contribution in [3.05, 3.63) is 78.4 Å². The smallest absolute Gasteiger partial charge is 0.169 e. The minimum atomic E-state index is -0.893. The Morgan fingerprint density at radius 2 is 1.32 bits per heavy atom. The van der Waals surface area contributed by atoms with Gasteiger partial charge in [0.2, 0.25) is 0 Å². The molecule has 0 saturated heterocycles. The van der Waals surface area contributed by atoms with Crippen LogP contribution in [0.15, 0.2) is 66.7 Å². The molecule has 25 heavy (non-hydrogen) atoms. The number of rotatable bonds is 1. The highest BCUT2D eigenvalue weighted by Crippen LogP contribution is 2.35. The number of nitrogens with zero attached hydrogens (tertiary/aromatic N) is 1. The molecule has 0 amide bonds. The van der Waals surface area contributed by atoms with Gasteiger partial charge < -0.3 is 4.98 Å². The molecule has 0 aliphatic carbocycles. The van der Waals surface area contributed by atoms with Crippen LogP contribution in [0.1, 0.15) is 0 Å². The van der Waals surface area contributed by atoms with Crippen molar-refractivity contribution in [1.82, 2.24) is 9.97 Å². The third-order valence-electron chi connectivity index (χ3n) is 4.58. The number of aromatic nitrogens is 2. The maximum absolute atomic E-state index is 14.2. The van der Waals surface area contributed by atoms with Crippen LogP contribution in [0, 0.1) is 11.6 Å². The average Bonchev–Trinajstić information content (AvgIpc) is 3.10. The highest BCUT2D eigenvalue weighted by Gasteiger charge is 2.16. The second kappa shape index (κ2) is 5.11. The molecule has 5 aromatic rings. The Morgan fingerprint density at radius 3 is 2.08 bits per heavy atom. The van der Waals surface area contributed by atoms with Crippen LogP contribution in [0.3, 0.4) is 0 Å². The summed E-state index contributed by atoms with van der Waals surface area (Å²) < 4.78 is 27.8. The lowest BCUT2D eigenvalue weighted by molar-refractivity contribution is 0.510. The number of H-pyrrole nitrogens is 1. The fourth-order valence-electron chi connectivity index (χ4n) is 3.44. The van der Waals surface area contributed by atoms with Gasteiger partial charge in [-0.3, -0.25) is 0 Å². The van der Waals surface area contributed by atoms with Crippen molar-refractivity contribution in [3.63, 3.8) is 0 Å². The van der Waals surface area contributed by atoms with E-state index in [4.69, 9.17) is 0 Å². The molecule has 120 valence electrons. The number of fused-ring (bicyclic) bond motifs is 6. The number of imidazole rings is 1. The predicted molar refractivity (Wildman–Crippen MR) is 96.5 cm³/mol. The van der Waals surface area contributed by atoms with Crippen LogP contribution in [0.25, 0.3) is 44.0 Å².